The number of amides is 2. The second-order valence-corrected chi connectivity index (χ2v) is 5.51. The van der Waals surface area contributed by atoms with Crippen LogP contribution in [0.25, 0.3) is 0 Å². The third-order valence-electron chi connectivity index (χ3n) is 3.39. The van der Waals surface area contributed by atoms with E-state index in [0.29, 0.717) is 12.2 Å². The lowest BCUT2D eigenvalue weighted by Crippen LogP contribution is -2.45. The Morgan fingerprint density at radius 2 is 2.37 bits per heavy atom. The highest BCUT2D eigenvalue weighted by atomic mass is 32.1. The summed E-state index contributed by atoms with van der Waals surface area (Å²) in [5.41, 5.74) is 2.22. The van der Waals surface area contributed by atoms with Gasteiger partial charge in [-0.2, -0.15) is 0 Å². The van der Waals surface area contributed by atoms with Crippen molar-refractivity contribution >= 4 is 23.2 Å². The average Bonchev–Trinajstić information content (AvgIpc) is 2.92. The third-order valence-corrected chi connectivity index (χ3v) is 3.98. The molecule has 19 heavy (non-hydrogen) atoms. The number of carbonyl (C=O) groups excluding carboxylic acids is 2. The van der Waals surface area contributed by atoms with E-state index in [2.05, 4.69) is 10.3 Å². The number of hydrogen-bond donors (Lipinski definition) is 1. The summed E-state index contributed by atoms with van der Waals surface area (Å²) in [5, 5.41) is 4.59. The molecule has 0 radical (unpaired) electrons. The van der Waals surface area contributed by atoms with Crippen molar-refractivity contribution in [1.29, 1.82) is 0 Å². The molecule has 1 aliphatic rings. The van der Waals surface area contributed by atoms with Crippen LogP contribution in [0.1, 0.15) is 43.1 Å². The number of rotatable bonds is 4. The molecular weight excluding hydrogens is 262 g/mol. The minimum absolute atomic E-state index is 0.0202. The van der Waals surface area contributed by atoms with Crippen molar-refractivity contribution in [2.75, 3.05) is 13.1 Å². The fourth-order valence-corrected chi connectivity index (χ4v) is 2.97. The molecule has 0 bridgehead atoms. The molecule has 1 aromatic heterocycles. The number of likely N-dealkylation sites (tertiary alicyclic amines) is 1. The van der Waals surface area contributed by atoms with E-state index in [1.165, 1.54) is 18.3 Å². The molecule has 1 saturated heterocycles. The molecule has 1 aromatic rings. The van der Waals surface area contributed by atoms with Crippen LogP contribution < -0.4 is 5.32 Å². The Bertz CT molecular complexity index is 433. The molecule has 0 aromatic carbocycles. The molecule has 1 fully saturated rings. The van der Waals surface area contributed by atoms with Gasteiger partial charge in [-0.3, -0.25) is 9.59 Å². The minimum atomic E-state index is -0.0202. The summed E-state index contributed by atoms with van der Waals surface area (Å²) in [7, 11) is 0. The van der Waals surface area contributed by atoms with Crippen LogP contribution in [0, 0.1) is 0 Å². The Balaban J connectivity index is 1.95. The van der Waals surface area contributed by atoms with Gasteiger partial charge in [0.05, 0.1) is 5.51 Å². The normalized spacial score (nSPS) is 19.2. The summed E-state index contributed by atoms with van der Waals surface area (Å²) in [6.07, 6.45) is 4.02. The molecule has 2 heterocycles. The number of carbonyl (C=O) groups is 2. The Morgan fingerprint density at radius 3 is 3.05 bits per heavy atom. The molecule has 1 aliphatic heterocycles. The maximum Gasteiger partial charge on any atom is 0.273 e. The number of nitrogens with zero attached hydrogens (tertiary/aromatic N) is 2. The van der Waals surface area contributed by atoms with E-state index in [1.54, 1.807) is 10.9 Å². The summed E-state index contributed by atoms with van der Waals surface area (Å²) >= 11 is 1.44. The zero-order valence-corrected chi connectivity index (χ0v) is 11.9. The highest BCUT2D eigenvalue weighted by Gasteiger charge is 2.27. The molecule has 0 unspecified atom stereocenters. The summed E-state index contributed by atoms with van der Waals surface area (Å²) in [6, 6.07) is 0.217. The van der Waals surface area contributed by atoms with Gasteiger partial charge in [-0.25, -0.2) is 4.98 Å². The number of hydrogen-bond acceptors (Lipinski definition) is 4. The van der Waals surface area contributed by atoms with Crippen molar-refractivity contribution in [2.45, 2.75) is 38.6 Å². The smallest absolute Gasteiger partial charge is 0.273 e. The predicted octanol–water partition coefficient (Wildman–Crippen LogP) is 1.66. The van der Waals surface area contributed by atoms with E-state index in [-0.39, 0.29) is 17.9 Å². The van der Waals surface area contributed by atoms with Gasteiger partial charge in [-0.15, -0.1) is 11.3 Å². The van der Waals surface area contributed by atoms with Gasteiger partial charge in [0.15, 0.2) is 0 Å². The van der Waals surface area contributed by atoms with Crippen molar-refractivity contribution in [1.82, 2.24) is 15.2 Å². The molecular formula is C13H19N3O2S. The second kappa shape index (κ2) is 6.65. The van der Waals surface area contributed by atoms with Crippen LogP contribution in [0.5, 0.6) is 0 Å². The van der Waals surface area contributed by atoms with Gasteiger partial charge in [0.1, 0.15) is 5.69 Å². The maximum absolute atomic E-state index is 12.4. The van der Waals surface area contributed by atoms with Crippen LogP contribution >= 0.6 is 11.3 Å². The molecule has 6 heteroatoms. The van der Waals surface area contributed by atoms with Gasteiger partial charge in [-0.1, -0.05) is 0 Å². The Morgan fingerprint density at radius 1 is 1.53 bits per heavy atom. The molecule has 5 nitrogen and oxygen atoms in total. The third kappa shape index (κ3) is 3.76. The van der Waals surface area contributed by atoms with E-state index in [0.717, 1.165) is 32.2 Å². The highest BCUT2D eigenvalue weighted by molar-refractivity contribution is 7.07. The molecule has 1 atom stereocenters. The van der Waals surface area contributed by atoms with E-state index < -0.39 is 0 Å². The minimum Gasteiger partial charge on any atom is -0.356 e. The van der Waals surface area contributed by atoms with Crippen molar-refractivity contribution in [2.24, 2.45) is 0 Å². The first kappa shape index (κ1) is 14.0. The lowest BCUT2D eigenvalue weighted by molar-refractivity contribution is -0.119. The van der Waals surface area contributed by atoms with Gasteiger partial charge < -0.3 is 10.2 Å². The number of nitrogens with one attached hydrogen (secondary N) is 1. The molecule has 2 amide bonds. The zero-order chi connectivity index (χ0) is 13.7. The summed E-state index contributed by atoms with van der Waals surface area (Å²) < 4.78 is 0. The topological polar surface area (TPSA) is 62.3 Å². The first-order valence-corrected chi connectivity index (χ1v) is 7.56. The van der Waals surface area contributed by atoms with Crippen LogP contribution in [0.2, 0.25) is 0 Å². The van der Waals surface area contributed by atoms with Crippen LogP contribution in [-0.4, -0.2) is 40.8 Å². The van der Waals surface area contributed by atoms with E-state index in [1.807, 2.05) is 4.90 Å². The lowest BCUT2D eigenvalue weighted by atomic mass is 9.99. The average molecular weight is 281 g/mol. The molecule has 0 spiro atoms. The number of aromatic nitrogens is 1. The van der Waals surface area contributed by atoms with Gasteiger partial charge in [0.25, 0.3) is 5.91 Å². The van der Waals surface area contributed by atoms with Crippen LogP contribution in [0.15, 0.2) is 10.9 Å². The first-order chi connectivity index (χ1) is 9.18. The second-order valence-electron chi connectivity index (χ2n) is 4.79. The van der Waals surface area contributed by atoms with E-state index >= 15 is 0 Å². The maximum atomic E-state index is 12.4. The van der Waals surface area contributed by atoms with Crippen LogP contribution in [0.3, 0.4) is 0 Å². The SMILES string of the molecule is CC(=O)NCC[C@H]1CCCCN1C(=O)c1cscn1. The Labute approximate surface area is 117 Å². The van der Waals surface area contributed by atoms with E-state index in [9.17, 15) is 9.59 Å². The fourth-order valence-electron chi connectivity index (χ4n) is 2.45. The highest BCUT2D eigenvalue weighted by Crippen LogP contribution is 2.21. The molecule has 0 saturated carbocycles. The zero-order valence-electron chi connectivity index (χ0n) is 11.1. The van der Waals surface area contributed by atoms with Crippen molar-refractivity contribution in [3.63, 3.8) is 0 Å². The van der Waals surface area contributed by atoms with Crippen molar-refractivity contribution in [3.8, 4) is 0 Å². The van der Waals surface area contributed by atoms with Gasteiger partial charge in [-0.05, 0) is 25.7 Å². The standard InChI is InChI=1S/C13H19N3O2S/c1-10(17)14-6-5-11-4-2-3-7-16(11)13(18)12-8-19-9-15-12/h8-9,11H,2-7H2,1H3,(H,14,17)/t11-/m1/s1. The summed E-state index contributed by atoms with van der Waals surface area (Å²) in [4.78, 5) is 29.2. The van der Waals surface area contributed by atoms with Crippen molar-refractivity contribution in [3.05, 3.63) is 16.6 Å². The van der Waals surface area contributed by atoms with Gasteiger partial charge in [0.2, 0.25) is 5.91 Å². The Hall–Kier alpha value is -1.43. The van der Waals surface area contributed by atoms with E-state index in [4.69, 9.17) is 0 Å². The lowest BCUT2D eigenvalue weighted by Gasteiger charge is -2.35. The van der Waals surface area contributed by atoms with Crippen molar-refractivity contribution < 1.29 is 9.59 Å². The number of piperidine rings is 1. The molecule has 104 valence electrons. The predicted molar refractivity (Wildman–Crippen MR) is 74.1 cm³/mol. The monoisotopic (exact) mass is 281 g/mol. The van der Waals surface area contributed by atoms with Crippen LogP contribution in [-0.2, 0) is 4.79 Å². The van der Waals surface area contributed by atoms with Gasteiger partial charge >= 0.3 is 0 Å². The summed E-state index contributed by atoms with van der Waals surface area (Å²) in [6.45, 7) is 2.93. The first-order valence-electron chi connectivity index (χ1n) is 6.62. The number of thiazole rings is 1. The van der Waals surface area contributed by atoms with Gasteiger partial charge in [0, 0.05) is 31.4 Å². The fraction of sp³-hybridized carbons (Fsp3) is 0.615. The molecule has 2 rings (SSSR count). The Kier molecular flexibility index (Phi) is 4.90. The quantitative estimate of drug-likeness (QED) is 0.913. The largest absolute Gasteiger partial charge is 0.356 e. The van der Waals surface area contributed by atoms with Crippen LogP contribution in [0.4, 0.5) is 0 Å². The summed E-state index contributed by atoms with van der Waals surface area (Å²) in [5.74, 6) is 0.00182. The molecule has 1 N–H and O–H groups in total. The molecule has 0 aliphatic carbocycles.